The van der Waals surface area contributed by atoms with Crippen LogP contribution in [-0.2, 0) is 6.42 Å². The lowest BCUT2D eigenvalue weighted by Crippen LogP contribution is -2.12. The second-order valence-electron chi connectivity index (χ2n) is 6.18. The molecule has 0 spiro atoms. The fourth-order valence-corrected chi connectivity index (χ4v) is 2.96. The normalized spacial score (nSPS) is 10.9. The Morgan fingerprint density at radius 1 is 0.852 bits per heavy atom. The van der Waals surface area contributed by atoms with Crippen LogP contribution in [0.5, 0.6) is 5.75 Å². The molecule has 134 valence electrons. The maximum absolute atomic E-state index is 13.3. The van der Waals surface area contributed by atoms with Crippen molar-refractivity contribution in [3.05, 3.63) is 100 Å². The zero-order chi connectivity index (χ0) is 18.6. The van der Waals surface area contributed by atoms with Gasteiger partial charge in [-0.2, -0.15) is 0 Å². The smallest absolute Gasteiger partial charge is 0.235 e. The molecular weight excluding hydrogens is 343 g/mol. The van der Waals surface area contributed by atoms with Crippen LogP contribution in [-0.4, -0.2) is 6.61 Å². The molecule has 0 aliphatic rings. The Hall–Kier alpha value is -3.40. The highest BCUT2D eigenvalue weighted by molar-refractivity contribution is 5.81. The number of fused-ring (bicyclic) bond motifs is 1. The molecule has 0 saturated carbocycles. The van der Waals surface area contributed by atoms with Gasteiger partial charge in [0.1, 0.15) is 11.4 Å². The first kappa shape index (κ1) is 17.0. The topological polar surface area (TPSA) is 39.4 Å². The summed E-state index contributed by atoms with van der Waals surface area (Å²) in [6, 6.07) is 22.7. The van der Waals surface area contributed by atoms with Gasteiger partial charge in [0.2, 0.25) is 11.2 Å². The van der Waals surface area contributed by atoms with Crippen molar-refractivity contribution in [3.63, 3.8) is 0 Å². The van der Waals surface area contributed by atoms with E-state index in [9.17, 15) is 9.18 Å². The number of hydrogen-bond acceptors (Lipinski definition) is 3. The number of para-hydroxylation sites is 1. The molecule has 0 aliphatic heterocycles. The third-order valence-electron chi connectivity index (χ3n) is 4.34. The Balaban J connectivity index is 1.74. The number of hydrogen-bond donors (Lipinski definition) is 0. The van der Waals surface area contributed by atoms with Crippen molar-refractivity contribution < 1.29 is 13.5 Å². The molecule has 0 radical (unpaired) electrons. The molecule has 0 N–H and O–H groups in total. The van der Waals surface area contributed by atoms with Gasteiger partial charge in [0, 0.05) is 12.0 Å². The summed E-state index contributed by atoms with van der Waals surface area (Å²) in [4.78, 5) is 13.0. The molecule has 0 saturated heterocycles. The standard InChI is InChI=1S/C23H17FO3/c24-18-12-10-17(11-13-18)22-23(26-15-14-16-6-2-1-3-7-16)21(25)19-8-4-5-9-20(19)27-22/h1-13H,14-15H2. The first-order valence-corrected chi connectivity index (χ1v) is 8.71. The molecule has 0 fully saturated rings. The number of rotatable bonds is 5. The van der Waals surface area contributed by atoms with Crippen molar-refractivity contribution in [1.82, 2.24) is 0 Å². The molecule has 1 aromatic heterocycles. The van der Waals surface area contributed by atoms with Crippen LogP contribution in [0.4, 0.5) is 4.39 Å². The second-order valence-corrected chi connectivity index (χ2v) is 6.18. The van der Waals surface area contributed by atoms with Crippen LogP contribution < -0.4 is 10.2 Å². The minimum absolute atomic E-state index is 0.149. The Morgan fingerprint density at radius 3 is 2.33 bits per heavy atom. The third kappa shape index (κ3) is 3.60. The van der Waals surface area contributed by atoms with E-state index in [4.69, 9.17) is 9.15 Å². The Morgan fingerprint density at radius 2 is 1.56 bits per heavy atom. The number of benzene rings is 3. The average Bonchev–Trinajstić information content (AvgIpc) is 2.71. The third-order valence-corrected chi connectivity index (χ3v) is 4.34. The molecule has 1 heterocycles. The first-order chi connectivity index (χ1) is 13.2. The summed E-state index contributed by atoms with van der Waals surface area (Å²) in [5.41, 5.74) is 1.95. The fraction of sp³-hybridized carbons (Fsp3) is 0.0870. The summed E-state index contributed by atoms with van der Waals surface area (Å²) >= 11 is 0. The van der Waals surface area contributed by atoms with Crippen LogP contribution in [0.15, 0.2) is 88.1 Å². The summed E-state index contributed by atoms with van der Waals surface area (Å²) in [5, 5.41) is 0.457. The fourth-order valence-electron chi connectivity index (χ4n) is 2.96. The quantitative estimate of drug-likeness (QED) is 0.490. The Labute approximate surface area is 155 Å². The summed E-state index contributed by atoms with van der Waals surface area (Å²) in [5.74, 6) is 0.108. The Kier molecular flexibility index (Phi) is 4.71. The van der Waals surface area contributed by atoms with Crippen LogP contribution >= 0.6 is 0 Å². The van der Waals surface area contributed by atoms with E-state index in [1.54, 1.807) is 36.4 Å². The van der Waals surface area contributed by atoms with E-state index < -0.39 is 0 Å². The van der Waals surface area contributed by atoms with E-state index in [0.29, 0.717) is 35.3 Å². The van der Waals surface area contributed by atoms with Crippen LogP contribution in [0.25, 0.3) is 22.3 Å². The van der Waals surface area contributed by atoms with Crippen LogP contribution in [0.1, 0.15) is 5.56 Å². The summed E-state index contributed by atoms with van der Waals surface area (Å²) in [7, 11) is 0. The molecular formula is C23H17FO3. The summed E-state index contributed by atoms with van der Waals surface area (Å²) in [6.07, 6.45) is 0.663. The lowest BCUT2D eigenvalue weighted by Gasteiger charge is -2.12. The maximum atomic E-state index is 13.3. The minimum Gasteiger partial charge on any atom is -0.486 e. The van der Waals surface area contributed by atoms with Gasteiger partial charge < -0.3 is 9.15 Å². The van der Waals surface area contributed by atoms with Crippen molar-refractivity contribution in [2.24, 2.45) is 0 Å². The molecule has 4 heteroatoms. The van der Waals surface area contributed by atoms with Crippen LogP contribution in [0.2, 0.25) is 0 Å². The van der Waals surface area contributed by atoms with Crippen molar-refractivity contribution in [1.29, 1.82) is 0 Å². The molecule has 27 heavy (non-hydrogen) atoms. The van der Waals surface area contributed by atoms with Gasteiger partial charge in [-0.25, -0.2) is 4.39 Å². The maximum Gasteiger partial charge on any atom is 0.235 e. The lowest BCUT2D eigenvalue weighted by atomic mass is 10.1. The minimum atomic E-state index is -0.353. The molecule has 0 bridgehead atoms. The van der Waals surface area contributed by atoms with Gasteiger partial charge in [0.25, 0.3) is 0 Å². The summed E-state index contributed by atoms with van der Waals surface area (Å²) < 4.78 is 25.1. The molecule has 0 unspecified atom stereocenters. The van der Waals surface area contributed by atoms with Gasteiger partial charge in [-0.15, -0.1) is 0 Å². The first-order valence-electron chi connectivity index (χ1n) is 8.71. The van der Waals surface area contributed by atoms with Gasteiger partial charge in [-0.3, -0.25) is 4.79 Å². The highest BCUT2D eigenvalue weighted by Crippen LogP contribution is 2.31. The summed E-state index contributed by atoms with van der Waals surface area (Å²) in [6.45, 7) is 0.335. The van der Waals surface area contributed by atoms with E-state index in [2.05, 4.69) is 0 Å². The Bertz CT molecular complexity index is 1120. The average molecular weight is 360 g/mol. The van der Waals surface area contributed by atoms with E-state index in [-0.39, 0.29) is 17.0 Å². The van der Waals surface area contributed by atoms with E-state index in [1.807, 2.05) is 30.3 Å². The van der Waals surface area contributed by atoms with Crippen molar-refractivity contribution in [3.8, 4) is 17.1 Å². The molecule has 0 atom stereocenters. The number of ether oxygens (including phenoxy) is 1. The van der Waals surface area contributed by atoms with E-state index >= 15 is 0 Å². The van der Waals surface area contributed by atoms with E-state index in [1.165, 1.54) is 12.1 Å². The van der Waals surface area contributed by atoms with Crippen LogP contribution in [0, 0.1) is 5.82 Å². The molecule has 4 rings (SSSR count). The zero-order valence-corrected chi connectivity index (χ0v) is 14.5. The monoisotopic (exact) mass is 360 g/mol. The lowest BCUT2D eigenvalue weighted by molar-refractivity contribution is 0.313. The van der Waals surface area contributed by atoms with Gasteiger partial charge in [-0.1, -0.05) is 42.5 Å². The van der Waals surface area contributed by atoms with Crippen molar-refractivity contribution in [2.45, 2.75) is 6.42 Å². The molecule has 0 amide bonds. The van der Waals surface area contributed by atoms with E-state index in [0.717, 1.165) is 5.56 Å². The highest BCUT2D eigenvalue weighted by Gasteiger charge is 2.17. The predicted octanol–water partition coefficient (Wildman–Crippen LogP) is 5.22. The SMILES string of the molecule is O=c1c(OCCc2ccccc2)c(-c2ccc(F)cc2)oc2ccccc12. The molecule has 3 aromatic carbocycles. The number of halogens is 1. The van der Waals surface area contributed by atoms with Gasteiger partial charge in [0.05, 0.1) is 12.0 Å². The highest BCUT2D eigenvalue weighted by atomic mass is 19.1. The van der Waals surface area contributed by atoms with Gasteiger partial charge in [-0.05, 0) is 42.0 Å². The molecule has 3 nitrogen and oxygen atoms in total. The second kappa shape index (κ2) is 7.46. The zero-order valence-electron chi connectivity index (χ0n) is 14.5. The van der Waals surface area contributed by atoms with Gasteiger partial charge >= 0.3 is 0 Å². The van der Waals surface area contributed by atoms with Crippen molar-refractivity contribution in [2.75, 3.05) is 6.61 Å². The molecule has 4 aromatic rings. The molecule has 0 aliphatic carbocycles. The predicted molar refractivity (Wildman–Crippen MR) is 104 cm³/mol. The van der Waals surface area contributed by atoms with Gasteiger partial charge in [0.15, 0.2) is 5.76 Å². The van der Waals surface area contributed by atoms with Crippen LogP contribution in [0.3, 0.4) is 0 Å². The largest absolute Gasteiger partial charge is 0.486 e. The van der Waals surface area contributed by atoms with Crippen molar-refractivity contribution >= 4 is 11.0 Å².